The van der Waals surface area contributed by atoms with E-state index in [-0.39, 0.29) is 36.4 Å². The van der Waals surface area contributed by atoms with Gasteiger partial charge in [0.2, 0.25) is 11.8 Å². The van der Waals surface area contributed by atoms with Crippen molar-refractivity contribution in [1.29, 1.82) is 0 Å². The number of nitrogens with one attached hydrogen (secondary N) is 1. The van der Waals surface area contributed by atoms with Gasteiger partial charge in [0.15, 0.2) is 9.84 Å². The number of carbonyl (C=O) groups excluding carboxylic acids is 2. The van der Waals surface area contributed by atoms with Gasteiger partial charge >= 0.3 is 0 Å². The molecule has 1 fully saturated rings. The number of amides is 2. The minimum Gasteiger partial charge on any atom is -0.342 e. The fourth-order valence-electron chi connectivity index (χ4n) is 1.87. The average Bonchev–Trinajstić information content (AvgIpc) is 2.28. The monoisotopic (exact) mass is 290 g/mol. The molecule has 6 nitrogen and oxygen atoms in total. The summed E-state index contributed by atoms with van der Waals surface area (Å²) in [4.78, 5) is 25.2. The first-order chi connectivity index (χ1) is 8.57. The van der Waals surface area contributed by atoms with Gasteiger partial charge < -0.3 is 10.2 Å². The molecule has 1 saturated heterocycles. The van der Waals surface area contributed by atoms with E-state index in [0.717, 1.165) is 0 Å². The topological polar surface area (TPSA) is 83.6 Å². The highest BCUT2D eigenvalue weighted by Gasteiger charge is 2.39. The summed E-state index contributed by atoms with van der Waals surface area (Å²) < 4.78 is 22.9. The average molecular weight is 290 g/mol. The summed E-state index contributed by atoms with van der Waals surface area (Å²) in [6.45, 7) is 7.17. The summed E-state index contributed by atoms with van der Waals surface area (Å²) in [7, 11) is -3.14. The number of hydrogen-bond donors (Lipinski definition) is 1. The number of carbonyl (C=O) groups is 2. The summed E-state index contributed by atoms with van der Waals surface area (Å²) in [5.41, 5.74) is -0.394. The maximum Gasteiger partial charge on any atom is 0.246 e. The Labute approximate surface area is 114 Å². The molecule has 0 spiro atoms. The van der Waals surface area contributed by atoms with Gasteiger partial charge in [0.05, 0.1) is 12.3 Å². The van der Waals surface area contributed by atoms with Crippen molar-refractivity contribution in [3.63, 3.8) is 0 Å². The molecule has 2 amide bonds. The van der Waals surface area contributed by atoms with Crippen LogP contribution in [0.2, 0.25) is 0 Å². The van der Waals surface area contributed by atoms with Crippen LogP contribution in [0.5, 0.6) is 0 Å². The van der Waals surface area contributed by atoms with E-state index < -0.39 is 21.3 Å². The molecule has 0 saturated carbocycles. The second-order valence-corrected chi connectivity index (χ2v) is 8.34. The molecule has 1 aliphatic heterocycles. The van der Waals surface area contributed by atoms with Crippen molar-refractivity contribution < 1.29 is 18.0 Å². The fraction of sp³-hybridized carbons (Fsp3) is 0.833. The van der Waals surface area contributed by atoms with Gasteiger partial charge in [0.25, 0.3) is 0 Å². The second-order valence-electron chi connectivity index (χ2n) is 5.86. The Kier molecular flexibility index (Phi) is 4.60. The van der Waals surface area contributed by atoms with Crippen LogP contribution >= 0.6 is 0 Å². The summed E-state index contributed by atoms with van der Waals surface area (Å²) in [6.07, 6.45) is 0. The highest BCUT2D eigenvalue weighted by molar-refractivity contribution is 7.91. The number of nitrogens with zero attached hydrogens (tertiary/aromatic N) is 1. The Morgan fingerprint density at radius 2 is 1.89 bits per heavy atom. The Morgan fingerprint density at radius 1 is 1.32 bits per heavy atom. The molecule has 1 N–H and O–H groups in total. The molecule has 0 aromatic rings. The zero-order valence-electron chi connectivity index (χ0n) is 11.9. The normalized spacial score (nSPS) is 21.5. The minimum absolute atomic E-state index is 0.0456. The molecule has 7 heteroatoms. The predicted octanol–water partition coefficient (Wildman–Crippen LogP) is -0.206. The molecule has 1 heterocycles. The molecule has 19 heavy (non-hydrogen) atoms. The van der Waals surface area contributed by atoms with Crippen LogP contribution in [0.3, 0.4) is 0 Å². The largest absolute Gasteiger partial charge is 0.342 e. The molecule has 0 aliphatic carbocycles. The first-order valence-corrected chi connectivity index (χ1v) is 8.17. The SMILES string of the molecule is CCS(=O)(=O)CCN1CC(=O)NC(C(C)(C)C)C1=O. The third kappa shape index (κ3) is 4.19. The fourth-order valence-corrected chi connectivity index (χ4v) is 2.66. The number of hydrogen-bond acceptors (Lipinski definition) is 4. The van der Waals surface area contributed by atoms with Crippen molar-refractivity contribution in [3.05, 3.63) is 0 Å². The van der Waals surface area contributed by atoms with E-state index in [4.69, 9.17) is 0 Å². The lowest BCUT2D eigenvalue weighted by Crippen LogP contribution is -2.62. The zero-order chi connectivity index (χ0) is 14.8. The van der Waals surface area contributed by atoms with Gasteiger partial charge in [-0.3, -0.25) is 9.59 Å². The highest BCUT2D eigenvalue weighted by atomic mass is 32.2. The molecule has 1 aliphatic rings. The lowest BCUT2D eigenvalue weighted by molar-refractivity contribution is -0.147. The first-order valence-electron chi connectivity index (χ1n) is 6.35. The van der Waals surface area contributed by atoms with Crippen molar-refractivity contribution in [2.75, 3.05) is 24.6 Å². The standard InChI is InChI=1S/C12H22N2O4S/c1-5-19(17,18)7-6-14-8-9(15)13-10(11(14)16)12(2,3)4/h10H,5-8H2,1-4H3,(H,13,15). The molecule has 0 bridgehead atoms. The highest BCUT2D eigenvalue weighted by Crippen LogP contribution is 2.23. The van der Waals surface area contributed by atoms with E-state index in [0.29, 0.717) is 0 Å². The van der Waals surface area contributed by atoms with Crippen LogP contribution in [0, 0.1) is 5.41 Å². The Balaban J connectivity index is 2.79. The summed E-state index contributed by atoms with van der Waals surface area (Å²) in [5, 5.41) is 2.67. The lowest BCUT2D eigenvalue weighted by Gasteiger charge is -2.38. The third-order valence-electron chi connectivity index (χ3n) is 3.18. The van der Waals surface area contributed by atoms with Crippen molar-refractivity contribution >= 4 is 21.7 Å². The third-order valence-corrected chi connectivity index (χ3v) is 4.86. The van der Waals surface area contributed by atoms with Crippen LogP contribution in [0.1, 0.15) is 27.7 Å². The van der Waals surface area contributed by atoms with Gasteiger partial charge in [0.1, 0.15) is 6.04 Å². The van der Waals surface area contributed by atoms with E-state index in [9.17, 15) is 18.0 Å². The van der Waals surface area contributed by atoms with E-state index in [2.05, 4.69) is 5.32 Å². The van der Waals surface area contributed by atoms with Crippen LogP contribution in [-0.4, -0.2) is 55.8 Å². The molecule has 1 atom stereocenters. The Hall–Kier alpha value is -1.11. The van der Waals surface area contributed by atoms with Crippen molar-refractivity contribution in [3.8, 4) is 0 Å². The lowest BCUT2D eigenvalue weighted by atomic mass is 9.85. The van der Waals surface area contributed by atoms with Crippen LogP contribution in [-0.2, 0) is 19.4 Å². The quantitative estimate of drug-likeness (QED) is 0.777. The molecule has 1 rings (SSSR count). The van der Waals surface area contributed by atoms with Crippen molar-refractivity contribution in [2.45, 2.75) is 33.7 Å². The summed E-state index contributed by atoms with van der Waals surface area (Å²) >= 11 is 0. The second kappa shape index (κ2) is 5.48. The van der Waals surface area contributed by atoms with Gasteiger partial charge in [-0.2, -0.15) is 0 Å². The van der Waals surface area contributed by atoms with Crippen LogP contribution in [0.4, 0.5) is 0 Å². The van der Waals surface area contributed by atoms with Gasteiger partial charge in [-0.1, -0.05) is 27.7 Å². The van der Waals surface area contributed by atoms with Crippen molar-refractivity contribution in [1.82, 2.24) is 10.2 Å². The smallest absolute Gasteiger partial charge is 0.246 e. The number of sulfone groups is 1. The van der Waals surface area contributed by atoms with Gasteiger partial charge in [-0.25, -0.2) is 8.42 Å². The molecule has 0 aromatic heterocycles. The van der Waals surface area contributed by atoms with E-state index >= 15 is 0 Å². The van der Waals surface area contributed by atoms with Gasteiger partial charge in [-0.05, 0) is 5.41 Å². The first kappa shape index (κ1) is 15.9. The van der Waals surface area contributed by atoms with Crippen LogP contribution in [0.25, 0.3) is 0 Å². The van der Waals surface area contributed by atoms with Crippen molar-refractivity contribution in [2.24, 2.45) is 5.41 Å². The Bertz CT molecular complexity index is 465. The maximum atomic E-state index is 12.2. The van der Waals surface area contributed by atoms with Crippen LogP contribution < -0.4 is 5.32 Å². The minimum atomic E-state index is -3.14. The van der Waals surface area contributed by atoms with E-state index in [1.807, 2.05) is 20.8 Å². The molecule has 0 radical (unpaired) electrons. The van der Waals surface area contributed by atoms with Crippen LogP contribution in [0.15, 0.2) is 0 Å². The molecular weight excluding hydrogens is 268 g/mol. The molecule has 0 aromatic carbocycles. The molecule has 1 unspecified atom stereocenters. The maximum absolute atomic E-state index is 12.2. The predicted molar refractivity (Wildman–Crippen MR) is 72.3 cm³/mol. The molecular formula is C12H22N2O4S. The Morgan fingerprint density at radius 3 is 2.37 bits per heavy atom. The van der Waals surface area contributed by atoms with Gasteiger partial charge in [-0.15, -0.1) is 0 Å². The molecule has 110 valence electrons. The summed E-state index contributed by atoms with van der Waals surface area (Å²) in [6, 6.07) is -0.599. The zero-order valence-corrected chi connectivity index (χ0v) is 12.7. The number of rotatable bonds is 4. The number of piperazine rings is 1. The van der Waals surface area contributed by atoms with E-state index in [1.54, 1.807) is 6.92 Å². The summed E-state index contributed by atoms with van der Waals surface area (Å²) in [5.74, 6) is -0.504. The van der Waals surface area contributed by atoms with Gasteiger partial charge in [0, 0.05) is 12.3 Å². The van der Waals surface area contributed by atoms with E-state index in [1.165, 1.54) is 4.90 Å².